The molecule has 6 aromatic rings. The lowest BCUT2D eigenvalue weighted by molar-refractivity contribution is 0.0690. The molecule has 2 aromatic carbocycles. The second kappa shape index (κ2) is 18.5. The van der Waals surface area contributed by atoms with E-state index in [9.17, 15) is 9.59 Å². The molecule has 0 bridgehead atoms. The summed E-state index contributed by atoms with van der Waals surface area (Å²) in [5.74, 6) is -1.22. The number of halogens is 2. The van der Waals surface area contributed by atoms with E-state index in [-0.39, 0.29) is 38.5 Å². The van der Waals surface area contributed by atoms with E-state index in [1.807, 2.05) is 80.6 Å². The molecule has 0 unspecified atom stereocenters. The first kappa shape index (κ1) is 38.6. The molecular formula is C36H38Br2N6O3. The fourth-order valence-electron chi connectivity index (χ4n) is 4.12. The number of aromatic carboxylic acids is 1. The Morgan fingerprint density at radius 3 is 1.57 bits per heavy atom. The molecule has 11 heteroatoms. The van der Waals surface area contributed by atoms with E-state index in [1.54, 1.807) is 36.9 Å². The normalized spacial score (nSPS) is 11.3. The fraction of sp³-hybridized carbons (Fsp3) is 0.167. The molecule has 9 nitrogen and oxygen atoms in total. The number of carbonyl (C=O) groups excluding carboxylic acids is 1. The van der Waals surface area contributed by atoms with Crippen molar-refractivity contribution in [3.63, 3.8) is 0 Å². The van der Waals surface area contributed by atoms with Crippen LogP contribution in [0.15, 0.2) is 119 Å². The molecule has 0 fully saturated rings. The van der Waals surface area contributed by atoms with Gasteiger partial charge in [-0.2, -0.15) is 0 Å². The van der Waals surface area contributed by atoms with Gasteiger partial charge in [-0.15, -0.1) is 0 Å². The number of nitrogens with one attached hydrogen (secondary N) is 1. The first-order valence-corrected chi connectivity index (χ1v) is 15.4. The number of fused-ring (bicyclic) bond motifs is 2. The highest BCUT2D eigenvalue weighted by atomic mass is 79.9. The van der Waals surface area contributed by atoms with Crippen molar-refractivity contribution in [1.82, 2.24) is 25.3 Å². The standard InChI is InChI=1S/C17H14BrN3O.C9H5BrN2O2.C8H11N.2CH4/c1-11(12-5-3-2-4-6-12)20-17(22)15-8-7-13-9-19-10-14(18)16(13)21-15;10-6-4-11-3-5-1-2-7(9(13)14)12-8(5)6;1-7(9)8-5-3-2-4-6-8;;/h2-11H,1H3,(H,20,22);1-4H,(H,13,14);2-7H,9H2,1H3;2*1H4/t11-;;7-;;/m1.1../s1. The third-order valence-corrected chi connectivity index (χ3v) is 7.69. The zero-order valence-electron chi connectivity index (χ0n) is 24.4. The van der Waals surface area contributed by atoms with E-state index < -0.39 is 5.97 Å². The summed E-state index contributed by atoms with van der Waals surface area (Å²) in [6.45, 7) is 3.93. The molecule has 0 radical (unpaired) electrons. The predicted molar refractivity (Wildman–Crippen MR) is 196 cm³/mol. The lowest BCUT2D eigenvalue weighted by atomic mass is 10.1. The molecule has 0 aliphatic carbocycles. The number of nitrogens with zero attached hydrogens (tertiary/aromatic N) is 4. The van der Waals surface area contributed by atoms with Crippen molar-refractivity contribution in [2.75, 3.05) is 0 Å². The topological polar surface area (TPSA) is 144 Å². The van der Waals surface area contributed by atoms with Crippen molar-refractivity contribution in [2.24, 2.45) is 5.73 Å². The first-order chi connectivity index (χ1) is 21.6. The van der Waals surface area contributed by atoms with E-state index in [1.165, 1.54) is 11.6 Å². The molecule has 0 saturated heterocycles. The average Bonchev–Trinajstić information content (AvgIpc) is 3.06. The number of carboxylic acids is 1. The number of pyridine rings is 4. The lowest BCUT2D eigenvalue weighted by Crippen LogP contribution is -2.27. The number of benzene rings is 2. The maximum atomic E-state index is 12.4. The Morgan fingerprint density at radius 1 is 0.681 bits per heavy atom. The van der Waals surface area contributed by atoms with Gasteiger partial charge in [0.2, 0.25) is 0 Å². The van der Waals surface area contributed by atoms with Crippen molar-refractivity contribution < 1.29 is 14.7 Å². The lowest BCUT2D eigenvalue weighted by Gasteiger charge is -2.14. The molecule has 0 saturated carbocycles. The zero-order chi connectivity index (χ0) is 32.3. The van der Waals surface area contributed by atoms with Gasteiger partial charge in [-0.1, -0.05) is 75.5 Å². The van der Waals surface area contributed by atoms with Gasteiger partial charge >= 0.3 is 5.97 Å². The number of carboxylic acid groups (broad SMARTS) is 1. The summed E-state index contributed by atoms with van der Waals surface area (Å²) in [7, 11) is 0. The molecular weight excluding hydrogens is 724 g/mol. The van der Waals surface area contributed by atoms with Crippen LogP contribution in [-0.2, 0) is 0 Å². The Bertz CT molecular complexity index is 1910. The number of amides is 1. The van der Waals surface area contributed by atoms with Crippen LogP contribution in [0.4, 0.5) is 0 Å². The Kier molecular flexibility index (Phi) is 15.2. The minimum Gasteiger partial charge on any atom is -0.477 e. The monoisotopic (exact) mass is 760 g/mol. The van der Waals surface area contributed by atoms with Gasteiger partial charge < -0.3 is 16.2 Å². The van der Waals surface area contributed by atoms with E-state index in [0.29, 0.717) is 15.7 Å². The fourth-order valence-corrected chi connectivity index (χ4v) is 4.99. The summed E-state index contributed by atoms with van der Waals surface area (Å²) < 4.78 is 1.47. The highest BCUT2D eigenvalue weighted by Gasteiger charge is 2.14. The average molecular weight is 763 g/mol. The first-order valence-electron chi connectivity index (χ1n) is 13.8. The van der Waals surface area contributed by atoms with Gasteiger partial charge in [-0.3, -0.25) is 14.8 Å². The number of hydrogen-bond donors (Lipinski definition) is 3. The van der Waals surface area contributed by atoms with Gasteiger partial charge in [0.05, 0.1) is 26.0 Å². The molecule has 2 atom stereocenters. The summed E-state index contributed by atoms with van der Waals surface area (Å²) in [5, 5.41) is 13.4. The van der Waals surface area contributed by atoms with Crippen LogP contribution < -0.4 is 11.1 Å². The quantitative estimate of drug-likeness (QED) is 0.158. The molecule has 4 aromatic heterocycles. The van der Waals surface area contributed by atoms with Gasteiger partial charge in [0.1, 0.15) is 11.4 Å². The number of hydrogen-bond acceptors (Lipinski definition) is 7. The van der Waals surface area contributed by atoms with E-state index >= 15 is 0 Å². The van der Waals surface area contributed by atoms with Crippen LogP contribution in [0.25, 0.3) is 21.8 Å². The molecule has 244 valence electrons. The van der Waals surface area contributed by atoms with Crippen molar-refractivity contribution in [1.29, 1.82) is 0 Å². The molecule has 0 spiro atoms. The van der Waals surface area contributed by atoms with Gasteiger partial charge in [0, 0.05) is 41.6 Å². The van der Waals surface area contributed by atoms with Crippen LogP contribution in [0.3, 0.4) is 0 Å². The van der Waals surface area contributed by atoms with E-state index in [4.69, 9.17) is 10.8 Å². The largest absolute Gasteiger partial charge is 0.477 e. The molecule has 0 aliphatic rings. The van der Waals surface area contributed by atoms with Crippen molar-refractivity contribution in [3.05, 3.63) is 141 Å². The smallest absolute Gasteiger partial charge is 0.354 e. The van der Waals surface area contributed by atoms with Crippen LogP contribution in [0.1, 0.15) is 72.9 Å². The highest BCUT2D eigenvalue weighted by Crippen LogP contribution is 2.22. The summed E-state index contributed by atoms with van der Waals surface area (Å²) in [4.78, 5) is 39.5. The predicted octanol–water partition coefficient (Wildman–Crippen LogP) is 8.95. The van der Waals surface area contributed by atoms with Crippen LogP contribution in [0.2, 0.25) is 0 Å². The molecule has 1 amide bonds. The highest BCUT2D eigenvalue weighted by molar-refractivity contribution is 9.11. The SMILES string of the molecule is C.C.C[C@@H](N)c1ccccc1.C[C@@H](NC(=O)c1ccc2cncc(Br)c2n1)c1ccccc1.O=C(O)c1ccc2cncc(Br)c2n1. The maximum absolute atomic E-state index is 12.4. The van der Waals surface area contributed by atoms with Crippen molar-refractivity contribution in [3.8, 4) is 0 Å². The second-order valence-corrected chi connectivity index (χ2v) is 11.6. The molecule has 0 aliphatic heterocycles. The minimum absolute atomic E-state index is 0. The van der Waals surface area contributed by atoms with Gasteiger partial charge in [-0.05, 0) is 81.1 Å². The maximum Gasteiger partial charge on any atom is 0.354 e. The third-order valence-electron chi connectivity index (χ3n) is 6.53. The molecule has 47 heavy (non-hydrogen) atoms. The summed E-state index contributed by atoms with van der Waals surface area (Å²) >= 11 is 6.67. The van der Waals surface area contributed by atoms with E-state index in [0.717, 1.165) is 26.3 Å². The second-order valence-electron chi connectivity index (χ2n) is 9.89. The summed E-state index contributed by atoms with van der Waals surface area (Å²) in [6.07, 6.45) is 6.62. The van der Waals surface area contributed by atoms with E-state index in [2.05, 4.69) is 57.1 Å². The number of rotatable bonds is 5. The Balaban J connectivity index is 0.000000264. The van der Waals surface area contributed by atoms with Crippen LogP contribution in [-0.4, -0.2) is 36.9 Å². The minimum atomic E-state index is -1.03. The Morgan fingerprint density at radius 2 is 1.13 bits per heavy atom. The van der Waals surface area contributed by atoms with Crippen LogP contribution >= 0.6 is 31.9 Å². The number of aromatic nitrogens is 4. The number of carbonyl (C=O) groups is 2. The Labute approximate surface area is 292 Å². The van der Waals surface area contributed by atoms with Crippen molar-refractivity contribution >= 4 is 65.5 Å². The van der Waals surface area contributed by atoms with Crippen molar-refractivity contribution in [2.45, 2.75) is 40.8 Å². The zero-order valence-corrected chi connectivity index (χ0v) is 27.6. The molecule has 4 N–H and O–H groups in total. The van der Waals surface area contributed by atoms with Crippen LogP contribution in [0, 0.1) is 0 Å². The number of nitrogens with two attached hydrogens (primary N) is 1. The molecule has 6 rings (SSSR count). The summed E-state index contributed by atoms with van der Waals surface area (Å²) in [5.41, 5.74) is 9.63. The summed E-state index contributed by atoms with van der Waals surface area (Å²) in [6, 6.07) is 26.7. The third kappa shape index (κ3) is 10.7. The van der Waals surface area contributed by atoms with Gasteiger partial charge in [-0.25, -0.2) is 14.8 Å². The Hall–Kier alpha value is -4.58. The van der Waals surface area contributed by atoms with Gasteiger partial charge in [0.15, 0.2) is 0 Å². The van der Waals surface area contributed by atoms with Gasteiger partial charge in [0.25, 0.3) is 5.91 Å². The van der Waals surface area contributed by atoms with Crippen LogP contribution in [0.5, 0.6) is 0 Å². The molecule has 4 heterocycles.